The molecule has 5 heteroatoms. The molecule has 3 N–H and O–H groups in total. The first-order chi connectivity index (χ1) is 13.2. The number of para-hydroxylation sites is 1. The highest BCUT2D eigenvalue weighted by molar-refractivity contribution is 5.94. The van der Waals surface area contributed by atoms with Crippen molar-refractivity contribution in [2.45, 2.75) is 38.3 Å². The van der Waals surface area contributed by atoms with E-state index in [0.29, 0.717) is 6.04 Å². The van der Waals surface area contributed by atoms with E-state index in [9.17, 15) is 4.79 Å². The van der Waals surface area contributed by atoms with Crippen molar-refractivity contribution in [1.29, 1.82) is 0 Å². The van der Waals surface area contributed by atoms with Crippen LogP contribution >= 0.6 is 0 Å². The number of piperidine rings is 1. The summed E-state index contributed by atoms with van der Waals surface area (Å²) in [5, 5.41) is 3.17. The number of nitrogens with zero attached hydrogens (tertiary/aromatic N) is 1. The Kier molecular flexibility index (Phi) is 7.25. The van der Waals surface area contributed by atoms with Crippen LogP contribution in [0.3, 0.4) is 0 Å². The van der Waals surface area contributed by atoms with E-state index in [-0.39, 0.29) is 11.9 Å². The number of carbonyl (C=O) groups excluding carboxylic acids is 1. The highest BCUT2D eigenvalue weighted by Crippen LogP contribution is 2.12. The largest absolute Gasteiger partial charge is 0.349 e. The second-order valence-corrected chi connectivity index (χ2v) is 7.28. The Morgan fingerprint density at radius 3 is 2.33 bits per heavy atom. The first-order valence-electron chi connectivity index (χ1n) is 9.85. The van der Waals surface area contributed by atoms with Gasteiger partial charge in [0.2, 0.25) is 0 Å². The minimum atomic E-state index is 0.0406. The van der Waals surface area contributed by atoms with Crippen LogP contribution in [0.5, 0.6) is 0 Å². The Balaban J connectivity index is 1.31. The number of benzene rings is 2. The molecule has 1 unspecified atom stereocenters. The van der Waals surface area contributed by atoms with Crippen LogP contribution in [-0.4, -0.2) is 42.5 Å². The Bertz CT molecular complexity index is 684. The number of rotatable bonds is 8. The molecule has 1 fully saturated rings. The highest BCUT2D eigenvalue weighted by atomic mass is 16.1. The van der Waals surface area contributed by atoms with Crippen molar-refractivity contribution in [3.8, 4) is 0 Å². The number of carbonyl (C=O) groups is 1. The lowest BCUT2D eigenvalue weighted by atomic mass is 10.0. The molecule has 2 aromatic carbocycles. The average molecular weight is 367 g/mol. The fourth-order valence-corrected chi connectivity index (χ4v) is 3.34. The van der Waals surface area contributed by atoms with Crippen LogP contribution in [-0.2, 0) is 0 Å². The predicted octanol–water partition coefficient (Wildman–Crippen LogP) is 3.28. The average Bonchev–Trinajstić information content (AvgIpc) is 2.73. The Hall–Kier alpha value is -2.37. The molecule has 1 saturated heterocycles. The molecule has 1 atom stereocenters. The van der Waals surface area contributed by atoms with Crippen LogP contribution in [0, 0.1) is 0 Å². The molecular formula is C22H30N4O. The lowest BCUT2D eigenvalue weighted by Crippen LogP contribution is -2.45. The summed E-state index contributed by atoms with van der Waals surface area (Å²) >= 11 is 0. The van der Waals surface area contributed by atoms with Crippen LogP contribution in [0.4, 0.5) is 5.69 Å². The number of anilines is 1. The predicted molar refractivity (Wildman–Crippen MR) is 111 cm³/mol. The van der Waals surface area contributed by atoms with Crippen molar-refractivity contribution in [3.05, 3.63) is 66.2 Å². The van der Waals surface area contributed by atoms with Crippen molar-refractivity contribution in [1.82, 2.24) is 15.6 Å². The van der Waals surface area contributed by atoms with Crippen molar-refractivity contribution in [2.75, 3.05) is 25.1 Å². The maximum Gasteiger partial charge on any atom is 0.251 e. The summed E-state index contributed by atoms with van der Waals surface area (Å²) in [5.74, 6) is 0.0406. The van der Waals surface area contributed by atoms with Crippen LogP contribution < -0.4 is 16.2 Å². The zero-order valence-electron chi connectivity index (χ0n) is 16.0. The molecule has 144 valence electrons. The van der Waals surface area contributed by atoms with E-state index < -0.39 is 0 Å². The first kappa shape index (κ1) is 19.4. The van der Waals surface area contributed by atoms with Crippen molar-refractivity contribution >= 4 is 11.6 Å². The molecule has 3 rings (SSSR count). The van der Waals surface area contributed by atoms with E-state index in [0.717, 1.165) is 50.1 Å². The fraction of sp³-hybridized carbons (Fsp3) is 0.409. The van der Waals surface area contributed by atoms with Crippen molar-refractivity contribution in [2.24, 2.45) is 0 Å². The summed E-state index contributed by atoms with van der Waals surface area (Å²) in [6.07, 6.45) is 3.12. The highest BCUT2D eigenvalue weighted by Gasteiger charge is 2.21. The topological polar surface area (TPSA) is 56.4 Å². The first-order valence-corrected chi connectivity index (χ1v) is 9.85. The number of hydrogen-bond acceptors (Lipinski definition) is 4. The molecule has 2 aromatic rings. The van der Waals surface area contributed by atoms with Gasteiger partial charge in [0.25, 0.3) is 5.91 Å². The van der Waals surface area contributed by atoms with E-state index in [2.05, 4.69) is 28.0 Å². The van der Waals surface area contributed by atoms with Gasteiger partial charge in [-0.15, -0.1) is 0 Å². The third-order valence-corrected chi connectivity index (χ3v) is 5.07. The van der Waals surface area contributed by atoms with Gasteiger partial charge in [-0.2, -0.15) is 0 Å². The summed E-state index contributed by atoms with van der Waals surface area (Å²) in [4.78, 5) is 14.8. The van der Waals surface area contributed by atoms with Crippen LogP contribution in [0.25, 0.3) is 0 Å². The van der Waals surface area contributed by atoms with Crippen LogP contribution in [0.1, 0.15) is 36.5 Å². The molecular weight excluding hydrogens is 336 g/mol. The Morgan fingerprint density at radius 1 is 1.04 bits per heavy atom. The third-order valence-electron chi connectivity index (χ3n) is 5.07. The SMILES string of the molecule is CC(CCN1CCC(NC(=O)c2ccccc2)CC1)NNc1ccccc1. The molecule has 0 aliphatic carbocycles. The number of nitrogens with one attached hydrogen (secondary N) is 3. The quantitative estimate of drug-likeness (QED) is 0.628. The lowest BCUT2D eigenvalue weighted by molar-refractivity contribution is 0.0910. The second-order valence-electron chi connectivity index (χ2n) is 7.28. The zero-order chi connectivity index (χ0) is 18.9. The van der Waals surface area contributed by atoms with Gasteiger partial charge >= 0.3 is 0 Å². The molecule has 1 amide bonds. The van der Waals surface area contributed by atoms with Gasteiger partial charge in [-0.1, -0.05) is 36.4 Å². The summed E-state index contributed by atoms with van der Waals surface area (Å²) in [7, 11) is 0. The standard InChI is InChI=1S/C22H30N4O/c1-18(24-25-21-10-6-3-7-11-21)12-15-26-16-13-20(14-17-26)23-22(27)19-8-4-2-5-9-19/h2-11,18,20,24-25H,12-17H2,1H3,(H,23,27). The number of hydrazine groups is 1. The Morgan fingerprint density at radius 2 is 1.67 bits per heavy atom. The smallest absolute Gasteiger partial charge is 0.251 e. The van der Waals surface area contributed by atoms with E-state index in [1.54, 1.807) is 0 Å². The Labute approximate surface area is 162 Å². The second kappa shape index (κ2) is 10.1. The molecule has 5 nitrogen and oxygen atoms in total. The molecule has 0 radical (unpaired) electrons. The van der Waals surface area contributed by atoms with E-state index in [4.69, 9.17) is 0 Å². The lowest BCUT2D eigenvalue weighted by Gasteiger charge is -2.33. The monoisotopic (exact) mass is 366 g/mol. The summed E-state index contributed by atoms with van der Waals surface area (Å²) in [5.41, 5.74) is 8.44. The zero-order valence-corrected chi connectivity index (χ0v) is 16.0. The molecule has 0 aromatic heterocycles. The van der Waals surface area contributed by atoms with Gasteiger partial charge < -0.3 is 15.6 Å². The fourth-order valence-electron chi connectivity index (χ4n) is 3.34. The van der Waals surface area contributed by atoms with Gasteiger partial charge in [-0.05, 0) is 57.0 Å². The van der Waals surface area contributed by atoms with Crippen LogP contribution in [0.2, 0.25) is 0 Å². The molecule has 1 aliphatic heterocycles. The van der Waals surface area contributed by atoms with E-state index >= 15 is 0 Å². The number of likely N-dealkylation sites (tertiary alicyclic amines) is 1. The third kappa shape index (κ3) is 6.38. The maximum atomic E-state index is 12.3. The number of amides is 1. The van der Waals surface area contributed by atoms with E-state index in [1.165, 1.54) is 0 Å². The minimum absolute atomic E-state index is 0.0406. The minimum Gasteiger partial charge on any atom is -0.349 e. The summed E-state index contributed by atoms with van der Waals surface area (Å²) in [6, 6.07) is 20.3. The summed E-state index contributed by atoms with van der Waals surface area (Å²) in [6.45, 7) is 5.35. The van der Waals surface area contributed by atoms with Crippen molar-refractivity contribution in [3.63, 3.8) is 0 Å². The van der Waals surface area contributed by atoms with Gasteiger partial charge in [0, 0.05) is 36.4 Å². The van der Waals surface area contributed by atoms with Crippen LogP contribution in [0.15, 0.2) is 60.7 Å². The molecule has 1 aliphatic rings. The number of hydrogen-bond donors (Lipinski definition) is 3. The van der Waals surface area contributed by atoms with E-state index in [1.807, 2.05) is 60.7 Å². The van der Waals surface area contributed by atoms with Gasteiger partial charge in [-0.25, -0.2) is 5.43 Å². The molecule has 27 heavy (non-hydrogen) atoms. The van der Waals surface area contributed by atoms with Gasteiger partial charge in [0.05, 0.1) is 0 Å². The summed E-state index contributed by atoms with van der Waals surface area (Å²) < 4.78 is 0. The molecule has 0 spiro atoms. The normalized spacial score (nSPS) is 16.6. The molecule has 0 bridgehead atoms. The maximum absolute atomic E-state index is 12.3. The van der Waals surface area contributed by atoms with Gasteiger partial charge in [0.1, 0.15) is 0 Å². The van der Waals surface area contributed by atoms with Gasteiger partial charge in [0.15, 0.2) is 0 Å². The van der Waals surface area contributed by atoms with Crippen molar-refractivity contribution < 1.29 is 4.79 Å². The molecule has 1 heterocycles. The van der Waals surface area contributed by atoms with Gasteiger partial charge in [-0.3, -0.25) is 4.79 Å². The molecule has 0 saturated carbocycles.